The van der Waals surface area contributed by atoms with Gasteiger partial charge in [-0.15, -0.1) is 0 Å². The van der Waals surface area contributed by atoms with Crippen molar-refractivity contribution in [2.45, 2.75) is 25.3 Å². The molecule has 1 unspecified atom stereocenters. The number of amides is 1. The van der Waals surface area contributed by atoms with Gasteiger partial charge in [0.1, 0.15) is 12.6 Å². The van der Waals surface area contributed by atoms with Gasteiger partial charge < -0.3 is 14.8 Å². The number of esters is 1. The van der Waals surface area contributed by atoms with Crippen molar-refractivity contribution in [3.05, 3.63) is 59.7 Å². The molecule has 0 saturated carbocycles. The molecule has 0 radical (unpaired) electrons. The molecule has 0 bridgehead atoms. The van der Waals surface area contributed by atoms with Crippen molar-refractivity contribution in [3.63, 3.8) is 0 Å². The molecule has 0 aliphatic heterocycles. The molecule has 0 aromatic heterocycles. The zero-order valence-corrected chi connectivity index (χ0v) is 14.3. The van der Waals surface area contributed by atoms with Gasteiger partial charge in [-0.05, 0) is 28.7 Å². The van der Waals surface area contributed by atoms with Crippen molar-refractivity contribution in [1.29, 1.82) is 0 Å². The van der Waals surface area contributed by atoms with Crippen LogP contribution in [-0.4, -0.2) is 31.8 Å². The average molecular weight is 339 g/mol. The molecule has 5 nitrogen and oxygen atoms in total. The van der Waals surface area contributed by atoms with Crippen LogP contribution in [0.25, 0.3) is 11.1 Å². The van der Waals surface area contributed by atoms with Crippen LogP contribution in [-0.2, 0) is 14.3 Å². The van der Waals surface area contributed by atoms with Crippen LogP contribution in [0, 0.1) is 0 Å². The summed E-state index contributed by atoms with van der Waals surface area (Å²) in [6.07, 6.45) is -0.171. The molecular weight excluding hydrogens is 318 g/mol. The van der Waals surface area contributed by atoms with Gasteiger partial charge in [-0.1, -0.05) is 55.5 Å². The number of alkyl carbamates (subject to hydrolysis) is 1. The minimum atomic E-state index is -0.694. The van der Waals surface area contributed by atoms with Gasteiger partial charge in [-0.25, -0.2) is 9.59 Å². The van der Waals surface area contributed by atoms with Crippen molar-refractivity contribution < 1.29 is 19.1 Å². The maximum atomic E-state index is 12.1. The number of rotatable bonds is 5. The van der Waals surface area contributed by atoms with Crippen molar-refractivity contribution in [1.82, 2.24) is 5.32 Å². The molecule has 2 aromatic carbocycles. The van der Waals surface area contributed by atoms with Crippen LogP contribution in [0.15, 0.2) is 48.5 Å². The highest BCUT2D eigenvalue weighted by Crippen LogP contribution is 2.44. The van der Waals surface area contributed by atoms with Gasteiger partial charge in [0.05, 0.1) is 7.11 Å². The molecule has 1 aliphatic carbocycles. The maximum Gasteiger partial charge on any atom is 0.407 e. The quantitative estimate of drug-likeness (QED) is 0.847. The molecule has 130 valence electrons. The topological polar surface area (TPSA) is 64.6 Å². The molecular formula is C20H21NO4. The first-order valence-electron chi connectivity index (χ1n) is 8.35. The van der Waals surface area contributed by atoms with Gasteiger partial charge in [0.15, 0.2) is 0 Å². The third-order valence-electron chi connectivity index (χ3n) is 4.53. The standard InChI is InChI=1S/C20H21NO4/c1-3-18(19(22)24-2)21-20(23)25-12-17-15-10-6-4-8-13(15)14-9-5-7-11-16(14)17/h4-11,17-18H,3,12H2,1-2H3,(H,21,23). The zero-order chi connectivity index (χ0) is 17.8. The molecule has 25 heavy (non-hydrogen) atoms. The number of fused-ring (bicyclic) bond motifs is 3. The Bertz CT molecular complexity index is 741. The van der Waals surface area contributed by atoms with Gasteiger partial charge in [0.25, 0.3) is 0 Å². The van der Waals surface area contributed by atoms with Crippen LogP contribution in [0.4, 0.5) is 4.79 Å². The van der Waals surface area contributed by atoms with Crippen molar-refractivity contribution in [2.24, 2.45) is 0 Å². The third-order valence-corrected chi connectivity index (χ3v) is 4.53. The Balaban J connectivity index is 1.71. The van der Waals surface area contributed by atoms with Gasteiger partial charge in [0, 0.05) is 5.92 Å². The highest BCUT2D eigenvalue weighted by atomic mass is 16.6. The van der Waals surface area contributed by atoms with E-state index in [-0.39, 0.29) is 12.5 Å². The molecule has 1 aliphatic rings. The summed E-state index contributed by atoms with van der Waals surface area (Å²) in [6.45, 7) is 2.02. The average Bonchev–Trinajstić information content (AvgIpc) is 2.98. The van der Waals surface area contributed by atoms with Crippen molar-refractivity contribution in [2.75, 3.05) is 13.7 Å². The Hall–Kier alpha value is -2.82. The number of carbonyl (C=O) groups is 2. The lowest BCUT2D eigenvalue weighted by atomic mass is 9.98. The fourth-order valence-electron chi connectivity index (χ4n) is 3.25. The summed E-state index contributed by atoms with van der Waals surface area (Å²) in [5.74, 6) is -0.479. The van der Waals surface area contributed by atoms with Crippen molar-refractivity contribution in [3.8, 4) is 11.1 Å². The molecule has 1 atom stereocenters. The second-order valence-electron chi connectivity index (χ2n) is 5.95. The summed E-state index contributed by atoms with van der Waals surface area (Å²) in [7, 11) is 1.30. The Morgan fingerprint density at radius 2 is 1.60 bits per heavy atom. The number of hydrogen-bond acceptors (Lipinski definition) is 4. The highest BCUT2D eigenvalue weighted by Gasteiger charge is 2.29. The Labute approximate surface area is 147 Å². The molecule has 5 heteroatoms. The summed E-state index contributed by atoms with van der Waals surface area (Å²) in [6, 6.07) is 15.6. The molecule has 0 saturated heterocycles. The Kier molecular flexibility index (Phi) is 5.03. The van der Waals surface area contributed by atoms with E-state index < -0.39 is 18.1 Å². The highest BCUT2D eigenvalue weighted by molar-refractivity contribution is 5.81. The monoisotopic (exact) mass is 339 g/mol. The number of hydrogen-bond donors (Lipinski definition) is 1. The fourth-order valence-corrected chi connectivity index (χ4v) is 3.25. The fraction of sp³-hybridized carbons (Fsp3) is 0.300. The molecule has 2 aromatic rings. The SMILES string of the molecule is CCC(NC(=O)OCC1c2ccccc2-c2ccccc21)C(=O)OC. The van der Waals surface area contributed by atoms with Crippen LogP contribution in [0.5, 0.6) is 0 Å². The van der Waals surface area contributed by atoms with Gasteiger partial charge in [0.2, 0.25) is 0 Å². The van der Waals surface area contributed by atoms with E-state index in [0.29, 0.717) is 6.42 Å². The summed E-state index contributed by atoms with van der Waals surface area (Å²) < 4.78 is 10.1. The Morgan fingerprint density at radius 3 is 2.12 bits per heavy atom. The van der Waals surface area contributed by atoms with Gasteiger partial charge >= 0.3 is 12.1 Å². The number of benzene rings is 2. The first kappa shape index (κ1) is 17.0. The molecule has 1 N–H and O–H groups in total. The normalized spacial score (nSPS) is 13.5. The molecule has 1 amide bonds. The summed E-state index contributed by atoms with van der Waals surface area (Å²) in [5, 5.41) is 2.55. The molecule has 0 spiro atoms. The molecule has 0 fully saturated rings. The first-order chi connectivity index (χ1) is 12.2. The molecule has 3 rings (SSSR count). The summed E-state index contributed by atoms with van der Waals surface area (Å²) >= 11 is 0. The van der Waals surface area contributed by atoms with E-state index in [1.54, 1.807) is 6.92 Å². The summed E-state index contributed by atoms with van der Waals surface area (Å²) in [5.41, 5.74) is 4.65. The van der Waals surface area contributed by atoms with Crippen LogP contribution < -0.4 is 5.32 Å². The van der Waals surface area contributed by atoms with E-state index in [1.165, 1.54) is 18.2 Å². The predicted octanol–water partition coefficient (Wildman–Crippen LogP) is 3.48. The lowest BCUT2D eigenvalue weighted by Crippen LogP contribution is -2.41. The minimum Gasteiger partial charge on any atom is -0.467 e. The van der Waals surface area contributed by atoms with Crippen molar-refractivity contribution >= 4 is 12.1 Å². The predicted molar refractivity (Wildman–Crippen MR) is 94.3 cm³/mol. The van der Waals surface area contributed by atoms with E-state index in [4.69, 9.17) is 4.74 Å². The van der Waals surface area contributed by atoms with E-state index in [1.807, 2.05) is 24.3 Å². The number of methoxy groups -OCH3 is 1. The van der Waals surface area contributed by atoms with Crippen LogP contribution in [0.2, 0.25) is 0 Å². The maximum absolute atomic E-state index is 12.1. The van der Waals surface area contributed by atoms with E-state index >= 15 is 0 Å². The number of nitrogens with one attached hydrogen (secondary N) is 1. The minimum absolute atomic E-state index is 0.00338. The first-order valence-corrected chi connectivity index (χ1v) is 8.35. The number of ether oxygens (including phenoxy) is 2. The Morgan fingerprint density at radius 1 is 1.04 bits per heavy atom. The number of carbonyl (C=O) groups excluding carboxylic acids is 2. The van der Waals surface area contributed by atoms with E-state index in [9.17, 15) is 9.59 Å². The second-order valence-corrected chi connectivity index (χ2v) is 5.95. The van der Waals surface area contributed by atoms with Crippen LogP contribution in [0.3, 0.4) is 0 Å². The zero-order valence-electron chi connectivity index (χ0n) is 14.3. The third kappa shape index (κ3) is 3.36. The van der Waals surface area contributed by atoms with Gasteiger partial charge in [-0.2, -0.15) is 0 Å². The largest absolute Gasteiger partial charge is 0.467 e. The lowest BCUT2D eigenvalue weighted by molar-refractivity contribution is -0.143. The van der Waals surface area contributed by atoms with E-state index in [2.05, 4.69) is 34.3 Å². The van der Waals surface area contributed by atoms with E-state index in [0.717, 1.165) is 11.1 Å². The van der Waals surface area contributed by atoms with Gasteiger partial charge in [-0.3, -0.25) is 0 Å². The summed E-state index contributed by atoms with van der Waals surface area (Å²) in [4.78, 5) is 23.6. The lowest BCUT2D eigenvalue weighted by Gasteiger charge is -2.17. The van der Waals surface area contributed by atoms with Crippen LogP contribution >= 0.6 is 0 Å². The smallest absolute Gasteiger partial charge is 0.407 e. The molecule has 0 heterocycles. The van der Waals surface area contributed by atoms with Crippen LogP contribution in [0.1, 0.15) is 30.4 Å². The second kappa shape index (κ2) is 7.38.